The van der Waals surface area contributed by atoms with Gasteiger partial charge in [-0.25, -0.2) is 9.97 Å². The minimum atomic E-state index is 1.04. The van der Waals surface area contributed by atoms with E-state index in [1.165, 1.54) is 441 Å². The molecule has 0 spiro atoms. The average Bonchev–Trinajstić information content (AvgIpc) is 1.61. The maximum atomic E-state index is 5.65. The number of aryl methyl sites for hydroxylation is 4. The summed E-state index contributed by atoms with van der Waals surface area (Å²) in [4.78, 5) is 14.8. The Labute approximate surface area is 596 Å². The molecule has 0 saturated heterocycles. The highest BCUT2D eigenvalue weighted by Gasteiger charge is 2.22. The number of rotatable bonds is 68. The number of hydrogen-bond donors (Lipinski definition) is 1. The molecule has 4 nitrogen and oxygen atoms in total. The first-order valence-corrected chi connectivity index (χ1v) is 43.8. The number of unbranched alkanes of at least 4 members (excludes halogenated alkanes) is 60. The Morgan fingerprint density at radius 1 is 0.250 bits per heavy atom. The van der Waals surface area contributed by atoms with Crippen LogP contribution in [0.15, 0.2) is 30.3 Å². The third kappa shape index (κ3) is 39.6. The van der Waals surface area contributed by atoms with Crippen LogP contribution in [0.1, 0.15) is 478 Å². The first-order valence-electron chi connectivity index (χ1n) is 43.8. The quantitative estimate of drug-likeness (QED) is 0.0394. The molecule has 0 unspecified atom stereocenters. The largest absolute Gasteiger partial charge is 0.355 e. The molecular formula is C92H158N4. The molecule has 0 atom stereocenters. The zero-order valence-corrected chi connectivity index (χ0v) is 64.6. The topological polar surface area (TPSA) is 46.5 Å². The third-order valence-electron chi connectivity index (χ3n) is 22.2. The van der Waals surface area contributed by atoms with Crippen molar-refractivity contribution < 1.29 is 0 Å². The summed E-state index contributed by atoms with van der Waals surface area (Å²) < 4.78 is 2.91. The van der Waals surface area contributed by atoms with Gasteiger partial charge in [-0.3, -0.25) is 0 Å². The summed E-state index contributed by atoms with van der Waals surface area (Å²) in [6.45, 7) is 10.4. The van der Waals surface area contributed by atoms with E-state index in [0.29, 0.717) is 0 Å². The molecule has 0 saturated carbocycles. The highest BCUT2D eigenvalue weighted by Crippen LogP contribution is 2.36. The van der Waals surface area contributed by atoms with Crippen molar-refractivity contribution in [2.24, 2.45) is 0 Å². The van der Waals surface area contributed by atoms with Gasteiger partial charge in [0, 0.05) is 28.7 Å². The minimum Gasteiger partial charge on any atom is -0.355 e. The molecule has 5 heterocycles. The van der Waals surface area contributed by atoms with Crippen LogP contribution in [0.5, 0.6) is 0 Å². The Balaban J connectivity index is 1.37. The van der Waals surface area contributed by atoms with Crippen LogP contribution in [0, 0.1) is 0 Å². The molecule has 4 heteroatoms. The molecule has 0 fully saturated rings. The molecule has 0 radical (unpaired) electrons. The highest BCUT2D eigenvalue weighted by molar-refractivity contribution is 5.83. The highest BCUT2D eigenvalue weighted by atomic mass is 15.0. The fraction of sp³-hybridized carbons (Fsp3) is 0.783. The molecule has 2 aliphatic rings. The number of nitrogens with one attached hydrogen (secondary N) is 1. The minimum absolute atomic E-state index is 1.04. The molecule has 0 amide bonds. The fourth-order valence-electron chi connectivity index (χ4n) is 16.0. The van der Waals surface area contributed by atoms with Gasteiger partial charge < -0.3 is 9.55 Å². The number of H-pyrrole nitrogens is 1. The van der Waals surface area contributed by atoms with Crippen molar-refractivity contribution >= 4 is 46.4 Å². The zero-order chi connectivity index (χ0) is 67.5. The summed E-state index contributed by atoms with van der Waals surface area (Å²) in [6, 6.07) is 11.5. The number of hydrogen-bond acceptors (Lipinski definition) is 2. The molecule has 546 valence electrons. The predicted octanol–water partition coefficient (Wildman–Crippen LogP) is 31.8. The van der Waals surface area contributed by atoms with E-state index < -0.39 is 0 Å². The number of fused-ring (bicyclic) bond motifs is 8. The van der Waals surface area contributed by atoms with Crippen molar-refractivity contribution in [3.8, 4) is 0 Å². The SMILES string of the molecule is CCCCCCCCCCCCCCCCCCc1c(CCCCCCCCCCCCCCCCCC)c2c(CCCCCCCCCCCCCCCCCC)c3nc(cc4ccc(cc5nc(cc1n2CCCCCCCCCCCCCCCCCC)C=C5)[nH]4)C=C3. The smallest absolute Gasteiger partial charge is 0.0690 e. The van der Waals surface area contributed by atoms with E-state index in [1.54, 1.807) is 16.6 Å². The van der Waals surface area contributed by atoms with Crippen molar-refractivity contribution in [2.75, 3.05) is 0 Å². The van der Waals surface area contributed by atoms with E-state index in [0.717, 1.165) is 41.1 Å². The Hall–Kier alpha value is -3.40. The molecule has 3 aromatic rings. The van der Waals surface area contributed by atoms with E-state index in [-0.39, 0.29) is 0 Å². The second-order valence-electron chi connectivity index (χ2n) is 31.1. The van der Waals surface area contributed by atoms with Gasteiger partial charge in [-0.05, 0) is 111 Å². The van der Waals surface area contributed by atoms with E-state index in [2.05, 4.69) is 91.9 Å². The van der Waals surface area contributed by atoms with Crippen molar-refractivity contribution in [3.63, 3.8) is 0 Å². The first-order chi connectivity index (χ1) is 47.6. The Bertz CT molecular complexity index is 2520. The molecule has 2 aliphatic heterocycles. The van der Waals surface area contributed by atoms with E-state index in [4.69, 9.17) is 9.97 Å². The van der Waals surface area contributed by atoms with Crippen LogP contribution in [0.3, 0.4) is 0 Å². The standard InChI is InChI=1S/C92H158N4/c1-5-9-13-17-21-25-29-33-37-41-45-49-53-57-61-65-69-87-88(70-66-62-58-54-50-46-42-38-34-30-26-22-18-14-10-6-2)92-89(71-67-63-59-55-51-47-43-39-35-31-27-23-19-15-11-7-3)90-77-76-85(95-90)80-84-73-72-82(93-84)79-83-74-75-86(94-83)81-91(87)96(92)78-68-64-60-56-52-48-44-40-36-32-28-24-20-16-12-8-4/h72-77,79-81,93H,5-71,78H2,1-4H3. The van der Waals surface area contributed by atoms with Gasteiger partial charge in [0.2, 0.25) is 0 Å². The Kier molecular flexibility index (Phi) is 51.4. The van der Waals surface area contributed by atoms with Gasteiger partial charge in [-0.15, -0.1) is 0 Å². The van der Waals surface area contributed by atoms with Gasteiger partial charge in [0.15, 0.2) is 0 Å². The summed E-state index contributed by atoms with van der Waals surface area (Å²) in [5.74, 6) is 0. The van der Waals surface area contributed by atoms with Gasteiger partial charge in [0.25, 0.3) is 0 Å². The maximum Gasteiger partial charge on any atom is 0.0690 e. The van der Waals surface area contributed by atoms with Crippen LogP contribution in [-0.4, -0.2) is 19.5 Å². The van der Waals surface area contributed by atoms with Crippen molar-refractivity contribution in [2.45, 2.75) is 464 Å². The second kappa shape index (κ2) is 59.3. The van der Waals surface area contributed by atoms with Crippen LogP contribution in [0.4, 0.5) is 0 Å². The van der Waals surface area contributed by atoms with Crippen LogP contribution in [-0.2, 0) is 25.8 Å². The van der Waals surface area contributed by atoms with Crippen LogP contribution in [0.2, 0.25) is 0 Å². The Morgan fingerprint density at radius 2 is 0.500 bits per heavy atom. The number of nitrogens with zero attached hydrogens (tertiary/aromatic N) is 3. The fourth-order valence-corrected chi connectivity index (χ4v) is 16.0. The predicted molar refractivity (Wildman–Crippen MR) is 432 cm³/mol. The lowest BCUT2D eigenvalue weighted by Gasteiger charge is -2.13. The molecule has 1 N–H and O–H groups in total. The average molecular weight is 1320 g/mol. The molecule has 5 rings (SSSR count). The normalized spacial score (nSPS) is 12.2. The summed E-state index contributed by atoms with van der Waals surface area (Å²) in [6.07, 6.45) is 103. The summed E-state index contributed by atoms with van der Waals surface area (Å²) in [7, 11) is 0. The summed E-state index contributed by atoms with van der Waals surface area (Å²) in [5.41, 5.74) is 14.5. The van der Waals surface area contributed by atoms with E-state index in [1.807, 2.05) is 0 Å². The molecule has 8 bridgehead atoms. The summed E-state index contributed by atoms with van der Waals surface area (Å²) in [5, 5.41) is 0. The molecule has 0 aliphatic carbocycles. The monoisotopic (exact) mass is 1320 g/mol. The zero-order valence-electron chi connectivity index (χ0n) is 64.6. The van der Waals surface area contributed by atoms with E-state index >= 15 is 0 Å². The van der Waals surface area contributed by atoms with Crippen LogP contribution < -0.4 is 0 Å². The summed E-state index contributed by atoms with van der Waals surface area (Å²) >= 11 is 0. The lowest BCUT2D eigenvalue weighted by Crippen LogP contribution is -2.03. The van der Waals surface area contributed by atoms with Gasteiger partial charge in [-0.2, -0.15) is 0 Å². The third-order valence-corrected chi connectivity index (χ3v) is 22.2. The number of aromatic nitrogens is 4. The lowest BCUT2D eigenvalue weighted by molar-refractivity contribution is 0.523. The van der Waals surface area contributed by atoms with Gasteiger partial charge >= 0.3 is 0 Å². The Morgan fingerprint density at radius 3 is 0.823 bits per heavy atom. The molecule has 96 heavy (non-hydrogen) atoms. The second-order valence-corrected chi connectivity index (χ2v) is 31.1. The first kappa shape index (κ1) is 83.3. The van der Waals surface area contributed by atoms with Crippen molar-refractivity contribution in [1.29, 1.82) is 0 Å². The van der Waals surface area contributed by atoms with E-state index in [9.17, 15) is 0 Å². The van der Waals surface area contributed by atoms with Gasteiger partial charge in [-0.1, -0.05) is 413 Å². The van der Waals surface area contributed by atoms with Crippen LogP contribution in [0.25, 0.3) is 46.4 Å². The lowest BCUT2D eigenvalue weighted by atomic mass is 9.94. The molecular weight excluding hydrogens is 1160 g/mol. The molecule has 3 aromatic heterocycles. The van der Waals surface area contributed by atoms with Crippen molar-refractivity contribution in [1.82, 2.24) is 19.5 Å². The van der Waals surface area contributed by atoms with Crippen molar-refractivity contribution in [3.05, 3.63) is 69.8 Å². The maximum absolute atomic E-state index is 5.65. The number of aromatic amines is 1. The van der Waals surface area contributed by atoms with Gasteiger partial charge in [0.05, 0.1) is 28.3 Å². The van der Waals surface area contributed by atoms with Crippen LogP contribution >= 0.6 is 0 Å². The van der Waals surface area contributed by atoms with Gasteiger partial charge in [0.1, 0.15) is 0 Å². The molecule has 0 aromatic carbocycles.